The third-order valence-corrected chi connectivity index (χ3v) is 6.32. The average molecular weight is 418 g/mol. The second-order valence-electron chi connectivity index (χ2n) is 8.68. The molecule has 3 aromatic heterocycles. The molecule has 3 heterocycles. The topological polar surface area (TPSA) is 39.2 Å². The Labute approximate surface area is 186 Å². The highest BCUT2D eigenvalue weighted by Crippen LogP contribution is 2.40. The molecule has 0 fully saturated rings. The maximum Gasteiger partial charge on any atom is 0.144 e. The fraction of sp³-hybridized carbons (Fsp3) is 0.138. The van der Waals surface area contributed by atoms with Crippen LogP contribution >= 0.6 is 0 Å². The van der Waals surface area contributed by atoms with Gasteiger partial charge >= 0.3 is 0 Å². The number of fused-ring (bicyclic) bond motifs is 4. The number of nitrogens with zero attached hydrogens (tertiary/aromatic N) is 1. The number of para-hydroxylation sites is 1. The quantitative estimate of drug-likeness (QED) is 0.290. The van der Waals surface area contributed by atoms with Crippen LogP contribution in [0.25, 0.3) is 55.5 Å². The van der Waals surface area contributed by atoms with Gasteiger partial charge in [-0.15, -0.1) is 0 Å². The lowest BCUT2D eigenvalue weighted by Crippen LogP contribution is -1.90. The van der Waals surface area contributed by atoms with Crippen LogP contribution in [0.5, 0.6) is 0 Å². The summed E-state index contributed by atoms with van der Waals surface area (Å²) in [5.41, 5.74) is 8.03. The summed E-state index contributed by atoms with van der Waals surface area (Å²) in [6.07, 6.45) is 1.88. The highest BCUT2D eigenvalue weighted by atomic mass is 16.3. The molecule has 0 saturated carbocycles. The average Bonchev–Trinajstić information content (AvgIpc) is 3.35. The Kier molecular flexibility index (Phi) is 4.19. The van der Waals surface area contributed by atoms with Crippen molar-refractivity contribution >= 4 is 32.9 Å². The lowest BCUT2D eigenvalue weighted by Gasteiger charge is -2.07. The second-order valence-corrected chi connectivity index (χ2v) is 8.68. The molecule has 6 aromatic rings. The molecule has 0 bridgehead atoms. The Balaban J connectivity index is 1.58. The zero-order valence-corrected chi connectivity index (χ0v) is 18.3. The van der Waals surface area contributed by atoms with E-state index in [1.165, 1.54) is 5.56 Å². The van der Waals surface area contributed by atoms with Gasteiger partial charge in [-0.2, -0.15) is 0 Å². The first-order valence-corrected chi connectivity index (χ1v) is 11.0. The normalized spacial score (nSPS) is 11.9. The number of aromatic nitrogens is 1. The summed E-state index contributed by atoms with van der Waals surface area (Å²) in [4.78, 5) is 4.64. The molecule has 0 unspecified atom stereocenters. The predicted octanol–water partition coefficient (Wildman–Crippen LogP) is 8.49. The Morgan fingerprint density at radius 2 is 1.53 bits per heavy atom. The van der Waals surface area contributed by atoms with Crippen molar-refractivity contribution in [2.45, 2.75) is 26.7 Å². The van der Waals surface area contributed by atoms with Gasteiger partial charge in [0.1, 0.15) is 22.5 Å². The van der Waals surface area contributed by atoms with E-state index in [9.17, 15) is 0 Å². The van der Waals surface area contributed by atoms with Crippen molar-refractivity contribution in [3.05, 3.63) is 90.1 Å². The molecule has 6 rings (SSSR count). The lowest BCUT2D eigenvalue weighted by atomic mass is 10.0. The third kappa shape index (κ3) is 2.85. The molecule has 0 aliphatic rings. The van der Waals surface area contributed by atoms with Crippen molar-refractivity contribution in [2.24, 2.45) is 0 Å². The number of hydrogen-bond acceptors (Lipinski definition) is 3. The lowest BCUT2D eigenvalue weighted by molar-refractivity contribution is 0.629. The van der Waals surface area contributed by atoms with E-state index in [1.54, 1.807) is 0 Å². The van der Waals surface area contributed by atoms with E-state index in [0.717, 1.165) is 61.1 Å². The molecule has 0 aliphatic heterocycles. The van der Waals surface area contributed by atoms with Crippen LogP contribution in [0.3, 0.4) is 0 Å². The van der Waals surface area contributed by atoms with Crippen LogP contribution in [0.4, 0.5) is 0 Å². The van der Waals surface area contributed by atoms with Crippen molar-refractivity contribution in [1.82, 2.24) is 4.98 Å². The first-order chi connectivity index (χ1) is 15.6. The fourth-order valence-electron chi connectivity index (χ4n) is 4.53. The highest BCUT2D eigenvalue weighted by Gasteiger charge is 2.18. The number of pyridine rings is 1. The van der Waals surface area contributed by atoms with Crippen LogP contribution in [0.1, 0.15) is 30.9 Å². The Bertz CT molecular complexity index is 1600. The van der Waals surface area contributed by atoms with Crippen LogP contribution in [0.2, 0.25) is 0 Å². The van der Waals surface area contributed by atoms with Gasteiger partial charge in [-0.25, -0.2) is 0 Å². The molecule has 0 atom stereocenters. The van der Waals surface area contributed by atoms with Crippen molar-refractivity contribution in [3.8, 4) is 22.6 Å². The number of hydrogen-bond donors (Lipinski definition) is 0. The Morgan fingerprint density at radius 3 is 2.34 bits per heavy atom. The first kappa shape index (κ1) is 18.9. The second kappa shape index (κ2) is 7.10. The summed E-state index contributed by atoms with van der Waals surface area (Å²) in [7, 11) is 0. The predicted molar refractivity (Wildman–Crippen MR) is 131 cm³/mol. The van der Waals surface area contributed by atoms with Gasteiger partial charge in [-0.1, -0.05) is 56.3 Å². The van der Waals surface area contributed by atoms with Gasteiger partial charge in [0.15, 0.2) is 0 Å². The van der Waals surface area contributed by atoms with Gasteiger partial charge in [0.2, 0.25) is 0 Å². The number of furan rings is 2. The molecule has 3 nitrogen and oxygen atoms in total. The molecule has 0 saturated heterocycles. The molecule has 32 heavy (non-hydrogen) atoms. The van der Waals surface area contributed by atoms with Gasteiger partial charge in [-0.05, 0) is 48.7 Å². The molecular weight excluding hydrogens is 394 g/mol. The molecule has 0 N–H and O–H groups in total. The van der Waals surface area contributed by atoms with E-state index in [4.69, 9.17) is 8.83 Å². The van der Waals surface area contributed by atoms with Crippen LogP contribution in [-0.4, -0.2) is 4.98 Å². The van der Waals surface area contributed by atoms with Gasteiger partial charge in [-0.3, -0.25) is 4.98 Å². The molecule has 0 spiro atoms. The van der Waals surface area contributed by atoms with Crippen LogP contribution in [0.15, 0.2) is 87.8 Å². The maximum absolute atomic E-state index is 6.43. The van der Waals surface area contributed by atoms with Crippen molar-refractivity contribution in [3.63, 3.8) is 0 Å². The SMILES string of the molecule is Cc1c(-c2ccccc2)oc2cc3c(cc12)oc1c(-c2cc(C(C)C)ccn2)cccc13. The van der Waals surface area contributed by atoms with Crippen LogP contribution in [-0.2, 0) is 0 Å². The standard InChI is InChI=1S/C29H23NO2/c1-17(2)20-12-13-30-25(14-20)22-11-7-10-21-24-16-26-23(15-27(24)32-29(21)22)18(3)28(31-26)19-8-5-4-6-9-19/h4-17H,1-3H3. The minimum Gasteiger partial charge on any atom is -0.456 e. The third-order valence-electron chi connectivity index (χ3n) is 6.32. The van der Waals surface area contributed by atoms with Crippen molar-refractivity contribution in [2.75, 3.05) is 0 Å². The fourth-order valence-corrected chi connectivity index (χ4v) is 4.53. The van der Waals surface area contributed by atoms with Crippen molar-refractivity contribution in [1.29, 1.82) is 0 Å². The molecule has 156 valence electrons. The summed E-state index contributed by atoms with van der Waals surface area (Å²) in [5, 5.41) is 3.21. The number of benzene rings is 3. The first-order valence-electron chi connectivity index (χ1n) is 11.0. The Morgan fingerprint density at radius 1 is 0.750 bits per heavy atom. The van der Waals surface area contributed by atoms with E-state index in [1.807, 2.05) is 24.4 Å². The van der Waals surface area contributed by atoms with E-state index >= 15 is 0 Å². The molecule has 0 radical (unpaired) electrons. The van der Waals surface area contributed by atoms with E-state index in [0.29, 0.717) is 5.92 Å². The minimum atomic E-state index is 0.445. The van der Waals surface area contributed by atoms with E-state index in [-0.39, 0.29) is 0 Å². The van der Waals surface area contributed by atoms with Gasteiger partial charge < -0.3 is 8.83 Å². The summed E-state index contributed by atoms with van der Waals surface area (Å²) >= 11 is 0. The van der Waals surface area contributed by atoms with Gasteiger partial charge in [0.05, 0.1) is 5.69 Å². The summed E-state index contributed by atoms with van der Waals surface area (Å²) in [6, 6.07) is 25.0. The molecular formula is C29H23NO2. The zero-order chi connectivity index (χ0) is 21.8. The summed E-state index contributed by atoms with van der Waals surface area (Å²) in [6.45, 7) is 6.50. The summed E-state index contributed by atoms with van der Waals surface area (Å²) in [5.74, 6) is 1.35. The van der Waals surface area contributed by atoms with E-state index in [2.05, 4.69) is 80.4 Å². The molecule has 3 heteroatoms. The van der Waals surface area contributed by atoms with Crippen molar-refractivity contribution < 1.29 is 8.83 Å². The highest BCUT2D eigenvalue weighted by molar-refractivity contribution is 6.13. The smallest absolute Gasteiger partial charge is 0.144 e. The molecule has 3 aromatic carbocycles. The number of rotatable bonds is 3. The largest absolute Gasteiger partial charge is 0.456 e. The monoisotopic (exact) mass is 417 g/mol. The van der Waals surface area contributed by atoms with E-state index < -0.39 is 0 Å². The Hall–Kier alpha value is -3.85. The van der Waals surface area contributed by atoms with Crippen LogP contribution < -0.4 is 0 Å². The summed E-state index contributed by atoms with van der Waals surface area (Å²) < 4.78 is 12.7. The zero-order valence-electron chi connectivity index (χ0n) is 18.3. The van der Waals surface area contributed by atoms with Gasteiger partial charge in [0, 0.05) is 39.0 Å². The van der Waals surface area contributed by atoms with Crippen LogP contribution in [0, 0.1) is 6.92 Å². The van der Waals surface area contributed by atoms with Gasteiger partial charge in [0.25, 0.3) is 0 Å². The minimum absolute atomic E-state index is 0.445. The molecule has 0 aliphatic carbocycles. The molecule has 0 amide bonds. The maximum atomic E-state index is 6.43. The number of aryl methyl sites for hydroxylation is 1.